The topological polar surface area (TPSA) is 118 Å². The van der Waals surface area contributed by atoms with E-state index in [-0.39, 0.29) is 12.3 Å². The average Bonchev–Trinajstić information content (AvgIpc) is 3.39. The highest BCUT2D eigenvalue weighted by Gasteiger charge is 2.19. The number of oxazole rings is 1. The van der Waals surface area contributed by atoms with Crippen molar-refractivity contribution in [2.45, 2.75) is 26.2 Å². The van der Waals surface area contributed by atoms with Gasteiger partial charge in [0.15, 0.2) is 0 Å². The molecule has 8 nitrogen and oxygen atoms in total. The molecule has 0 spiro atoms. The van der Waals surface area contributed by atoms with Crippen LogP contribution in [0.15, 0.2) is 46.9 Å². The molecular formula is C21H18FN5O3. The number of hydrogen-bond donors (Lipinski definition) is 2. The van der Waals surface area contributed by atoms with Crippen LogP contribution in [0.3, 0.4) is 0 Å². The first-order valence-corrected chi connectivity index (χ1v) is 9.40. The summed E-state index contributed by atoms with van der Waals surface area (Å²) in [7, 11) is 0. The van der Waals surface area contributed by atoms with Crippen LogP contribution in [-0.2, 0) is 12.8 Å². The zero-order valence-corrected chi connectivity index (χ0v) is 16.1. The highest BCUT2D eigenvalue weighted by atomic mass is 19.1. The van der Waals surface area contributed by atoms with E-state index in [0.29, 0.717) is 46.0 Å². The van der Waals surface area contributed by atoms with Crippen LogP contribution in [0.4, 0.5) is 4.39 Å². The fourth-order valence-electron chi connectivity index (χ4n) is 3.31. The lowest BCUT2D eigenvalue weighted by molar-refractivity contribution is 0.0652. The third-order valence-electron chi connectivity index (χ3n) is 4.65. The number of carboxylic acids is 1. The van der Waals surface area contributed by atoms with E-state index in [2.05, 4.69) is 25.6 Å². The molecule has 0 saturated carbocycles. The zero-order chi connectivity index (χ0) is 21.1. The van der Waals surface area contributed by atoms with E-state index >= 15 is 4.39 Å². The largest absolute Gasteiger partial charge is 0.474 e. The van der Waals surface area contributed by atoms with E-state index in [4.69, 9.17) is 9.52 Å². The Morgan fingerprint density at radius 2 is 1.97 bits per heavy atom. The highest BCUT2D eigenvalue weighted by Crippen LogP contribution is 2.32. The van der Waals surface area contributed by atoms with E-state index in [1.54, 1.807) is 24.3 Å². The Hall–Kier alpha value is -3.88. The second kappa shape index (κ2) is 8.24. The molecular weight excluding hydrogens is 389 g/mol. The summed E-state index contributed by atoms with van der Waals surface area (Å²) in [6.45, 7) is 1.97. The van der Waals surface area contributed by atoms with Gasteiger partial charge in [-0.3, -0.25) is 0 Å². The van der Waals surface area contributed by atoms with Crippen molar-refractivity contribution in [2.75, 3.05) is 0 Å². The molecule has 2 aromatic carbocycles. The first-order chi connectivity index (χ1) is 14.6. The number of H-pyrrole nitrogens is 1. The van der Waals surface area contributed by atoms with Crippen molar-refractivity contribution in [3.8, 4) is 22.5 Å². The minimum Gasteiger partial charge on any atom is -0.474 e. The van der Waals surface area contributed by atoms with E-state index in [1.165, 1.54) is 6.07 Å². The molecule has 0 saturated heterocycles. The molecule has 4 aromatic rings. The van der Waals surface area contributed by atoms with E-state index in [1.807, 2.05) is 19.1 Å². The molecule has 0 aliphatic carbocycles. The Labute approximate surface area is 170 Å². The number of aromatic nitrogens is 5. The number of aromatic carboxylic acids is 1. The molecule has 0 fully saturated rings. The van der Waals surface area contributed by atoms with Gasteiger partial charge >= 0.3 is 11.9 Å². The van der Waals surface area contributed by atoms with Crippen LogP contribution in [0, 0.1) is 5.82 Å². The summed E-state index contributed by atoms with van der Waals surface area (Å²) in [5.41, 5.74) is 2.93. The third kappa shape index (κ3) is 3.82. The summed E-state index contributed by atoms with van der Waals surface area (Å²) in [5.74, 6) is -1.18. The first-order valence-electron chi connectivity index (χ1n) is 9.40. The van der Waals surface area contributed by atoms with Gasteiger partial charge in [0, 0.05) is 17.5 Å². The maximum absolute atomic E-state index is 15.0. The molecule has 30 heavy (non-hydrogen) atoms. The van der Waals surface area contributed by atoms with Crippen LogP contribution in [0.25, 0.3) is 22.5 Å². The molecule has 0 aliphatic rings. The van der Waals surface area contributed by atoms with Gasteiger partial charge in [0.2, 0.25) is 5.82 Å². The van der Waals surface area contributed by atoms with Crippen molar-refractivity contribution in [2.24, 2.45) is 0 Å². The van der Waals surface area contributed by atoms with Crippen LogP contribution >= 0.6 is 0 Å². The Balaban J connectivity index is 1.67. The summed E-state index contributed by atoms with van der Waals surface area (Å²) in [5, 5.41) is 23.1. The maximum atomic E-state index is 15.0. The number of carboxylic acid groups (broad SMARTS) is 1. The molecule has 2 aromatic heterocycles. The minimum absolute atomic E-state index is 0.249. The number of tetrazole rings is 1. The predicted molar refractivity (Wildman–Crippen MR) is 105 cm³/mol. The normalized spacial score (nSPS) is 11.0. The highest BCUT2D eigenvalue weighted by molar-refractivity contribution is 5.82. The Morgan fingerprint density at radius 3 is 2.63 bits per heavy atom. The number of hydrogen-bond acceptors (Lipinski definition) is 6. The van der Waals surface area contributed by atoms with Crippen LogP contribution in [0.5, 0.6) is 0 Å². The Morgan fingerprint density at radius 1 is 1.17 bits per heavy atom. The van der Waals surface area contributed by atoms with E-state index in [0.717, 1.165) is 6.42 Å². The molecule has 0 amide bonds. The molecule has 0 unspecified atom stereocenters. The lowest BCUT2D eigenvalue weighted by Gasteiger charge is -2.09. The van der Waals surface area contributed by atoms with Crippen LogP contribution in [0.1, 0.15) is 41.0 Å². The standard InChI is InChI=1S/C21H18FN5O3/c1-2-5-17-18(30-20(23-17)21(28)29)11-12-8-9-14(16(22)10-12)13-6-3-4-7-15(13)19-24-26-27-25-19/h3-4,6-10H,2,5,11H2,1H3,(H,28,29)(H,24,25,26,27). The number of benzene rings is 2. The summed E-state index contributed by atoms with van der Waals surface area (Å²) < 4.78 is 20.4. The molecule has 0 bridgehead atoms. The molecule has 152 valence electrons. The van der Waals surface area contributed by atoms with Crippen molar-refractivity contribution >= 4 is 5.97 Å². The van der Waals surface area contributed by atoms with Crippen molar-refractivity contribution in [1.29, 1.82) is 0 Å². The molecule has 0 radical (unpaired) electrons. The molecule has 2 N–H and O–H groups in total. The van der Waals surface area contributed by atoms with Crippen molar-refractivity contribution < 1.29 is 18.7 Å². The lowest BCUT2D eigenvalue weighted by Crippen LogP contribution is -1.96. The molecule has 9 heteroatoms. The molecule has 4 rings (SSSR count). The number of nitrogens with one attached hydrogen (secondary N) is 1. The SMILES string of the molecule is CCCc1nc(C(=O)O)oc1Cc1ccc(-c2ccccc2-c2nn[nH]n2)c(F)c1. The number of aryl methyl sites for hydroxylation is 1. The van der Waals surface area contributed by atoms with Gasteiger partial charge in [-0.2, -0.15) is 5.21 Å². The van der Waals surface area contributed by atoms with Crippen LogP contribution in [0.2, 0.25) is 0 Å². The van der Waals surface area contributed by atoms with E-state index in [9.17, 15) is 4.79 Å². The Bertz CT molecular complexity index is 1190. The third-order valence-corrected chi connectivity index (χ3v) is 4.65. The summed E-state index contributed by atoms with van der Waals surface area (Å²) >= 11 is 0. The molecule has 2 heterocycles. The lowest BCUT2D eigenvalue weighted by atomic mass is 9.96. The summed E-state index contributed by atoms with van der Waals surface area (Å²) in [6.07, 6.45) is 1.63. The smallest absolute Gasteiger partial charge is 0.392 e. The quantitative estimate of drug-likeness (QED) is 0.477. The second-order valence-corrected chi connectivity index (χ2v) is 6.72. The number of rotatable bonds is 7. The van der Waals surface area contributed by atoms with Gasteiger partial charge in [-0.1, -0.05) is 49.7 Å². The van der Waals surface area contributed by atoms with Crippen LogP contribution in [-0.4, -0.2) is 36.7 Å². The van der Waals surface area contributed by atoms with Gasteiger partial charge in [0.1, 0.15) is 11.6 Å². The molecule has 0 aliphatic heterocycles. The number of halogens is 1. The fraction of sp³-hybridized carbons (Fsp3) is 0.190. The summed E-state index contributed by atoms with van der Waals surface area (Å²) in [6, 6.07) is 12.1. The van der Waals surface area contributed by atoms with Gasteiger partial charge in [0.25, 0.3) is 0 Å². The van der Waals surface area contributed by atoms with Gasteiger partial charge < -0.3 is 9.52 Å². The number of carbonyl (C=O) groups is 1. The van der Waals surface area contributed by atoms with Gasteiger partial charge in [0.05, 0.1) is 5.69 Å². The Kier molecular flexibility index (Phi) is 5.34. The van der Waals surface area contributed by atoms with Crippen LogP contribution < -0.4 is 0 Å². The van der Waals surface area contributed by atoms with Gasteiger partial charge in [-0.15, -0.1) is 10.2 Å². The molecule has 0 atom stereocenters. The van der Waals surface area contributed by atoms with Crippen molar-refractivity contribution in [1.82, 2.24) is 25.6 Å². The van der Waals surface area contributed by atoms with Crippen molar-refractivity contribution in [3.63, 3.8) is 0 Å². The number of nitrogens with zero attached hydrogens (tertiary/aromatic N) is 4. The monoisotopic (exact) mass is 407 g/mol. The summed E-state index contributed by atoms with van der Waals surface area (Å²) in [4.78, 5) is 15.2. The van der Waals surface area contributed by atoms with E-state index < -0.39 is 11.8 Å². The average molecular weight is 407 g/mol. The zero-order valence-electron chi connectivity index (χ0n) is 16.1. The van der Waals surface area contributed by atoms with Gasteiger partial charge in [-0.05, 0) is 28.8 Å². The number of aromatic amines is 1. The maximum Gasteiger partial charge on any atom is 0.392 e. The first kappa shape index (κ1) is 19.4. The van der Waals surface area contributed by atoms with Crippen molar-refractivity contribution in [3.05, 3.63) is 71.2 Å². The van der Waals surface area contributed by atoms with Gasteiger partial charge in [-0.25, -0.2) is 14.2 Å². The fourth-order valence-corrected chi connectivity index (χ4v) is 3.31. The second-order valence-electron chi connectivity index (χ2n) is 6.72. The predicted octanol–water partition coefficient (Wildman–Crippen LogP) is 3.90. The minimum atomic E-state index is -1.22.